The minimum absolute atomic E-state index is 0.286. The Morgan fingerprint density at radius 1 is 1.41 bits per heavy atom. The molecule has 0 aromatic heterocycles. The molecule has 0 spiro atoms. The number of imide groups is 1. The third-order valence-electron chi connectivity index (χ3n) is 3.47. The minimum Gasteiger partial charge on any atom is -0.387 e. The van der Waals surface area contributed by atoms with Crippen LogP contribution < -0.4 is 10.6 Å². The van der Waals surface area contributed by atoms with E-state index in [1.807, 2.05) is 4.90 Å². The Morgan fingerprint density at radius 3 is 2.59 bits per heavy atom. The van der Waals surface area contributed by atoms with Gasteiger partial charge in [0, 0.05) is 33.1 Å². The number of hydrogen-bond donors (Lipinski definition) is 3. The summed E-state index contributed by atoms with van der Waals surface area (Å²) < 4.78 is 0. The zero-order valence-corrected chi connectivity index (χ0v) is 10.0. The van der Waals surface area contributed by atoms with Crippen LogP contribution in [0.25, 0.3) is 0 Å². The molecular formula is C11H19N3O3. The number of carbonyl (C=O) groups is 2. The van der Waals surface area contributed by atoms with Crippen molar-refractivity contribution in [2.75, 3.05) is 26.7 Å². The van der Waals surface area contributed by atoms with Gasteiger partial charge in [-0.3, -0.25) is 15.0 Å². The molecule has 6 heteroatoms. The van der Waals surface area contributed by atoms with Gasteiger partial charge in [-0.05, 0) is 18.8 Å². The molecule has 0 atom stereocenters. The molecule has 1 aliphatic heterocycles. The molecule has 6 nitrogen and oxygen atoms in total. The Kier molecular flexibility index (Phi) is 3.35. The number of urea groups is 1. The van der Waals surface area contributed by atoms with Gasteiger partial charge in [0.05, 0.1) is 5.60 Å². The molecule has 1 saturated heterocycles. The number of aliphatic hydroxyl groups is 1. The van der Waals surface area contributed by atoms with E-state index in [1.165, 1.54) is 7.05 Å². The first kappa shape index (κ1) is 12.3. The van der Waals surface area contributed by atoms with Crippen LogP contribution >= 0.6 is 0 Å². The lowest BCUT2D eigenvalue weighted by Crippen LogP contribution is -2.63. The fourth-order valence-corrected chi connectivity index (χ4v) is 2.28. The highest BCUT2D eigenvalue weighted by Gasteiger charge is 2.51. The van der Waals surface area contributed by atoms with Crippen molar-refractivity contribution in [1.82, 2.24) is 15.5 Å². The topological polar surface area (TPSA) is 81.7 Å². The number of rotatable bonds is 4. The number of likely N-dealkylation sites (tertiary alicyclic amines) is 1. The Balaban J connectivity index is 1.61. The summed E-state index contributed by atoms with van der Waals surface area (Å²) in [7, 11) is 1.47. The molecule has 0 aromatic carbocycles. The number of amides is 3. The van der Waals surface area contributed by atoms with E-state index in [-0.39, 0.29) is 12.3 Å². The maximum absolute atomic E-state index is 11.3. The van der Waals surface area contributed by atoms with Gasteiger partial charge in [-0.2, -0.15) is 0 Å². The van der Waals surface area contributed by atoms with Crippen LogP contribution in [0.2, 0.25) is 0 Å². The van der Waals surface area contributed by atoms with E-state index in [0.717, 1.165) is 12.8 Å². The van der Waals surface area contributed by atoms with E-state index >= 15 is 0 Å². The van der Waals surface area contributed by atoms with Crippen molar-refractivity contribution in [2.24, 2.45) is 5.92 Å². The van der Waals surface area contributed by atoms with E-state index in [2.05, 4.69) is 10.6 Å². The molecule has 96 valence electrons. The first-order valence-corrected chi connectivity index (χ1v) is 6.00. The lowest BCUT2D eigenvalue weighted by atomic mass is 9.88. The van der Waals surface area contributed by atoms with Gasteiger partial charge in [-0.1, -0.05) is 0 Å². The molecule has 0 unspecified atom stereocenters. The zero-order valence-electron chi connectivity index (χ0n) is 10.0. The molecule has 2 fully saturated rings. The highest BCUT2D eigenvalue weighted by Crippen LogP contribution is 2.44. The number of β-amino-alcohol motifs (C(OH)–C–C–N with tert-alkyl or cyclic N) is 1. The zero-order chi connectivity index (χ0) is 12.5. The van der Waals surface area contributed by atoms with Crippen LogP contribution in [0.1, 0.15) is 19.3 Å². The predicted molar refractivity (Wildman–Crippen MR) is 61.3 cm³/mol. The largest absolute Gasteiger partial charge is 0.387 e. The summed E-state index contributed by atoms with van der Waals surface area (Å²) in [5, 5.41) is 14.6. The summed E-state index contributed by atoms with van der Waals surface area (Å²) in [6, 6.07) is -0.479. The molecule has 1 heterocycles. The monoisotopic (exact) mass is 241 g/mol. The van der Waals surface area contributed by atoms with Gasteiger partial charge in [0.25, 0.3) is 0 Å². The summed E-state index contributed by atoms with van der Waals surface area (Å²) in [6.45, 7) is 1.91. The molecule has 1 saturated carbocycles. The number of hydrogen-bond acceptors (Lipinski definition) is 4. The molecule has 2 rings (SSSR count). The van der Waals surface area contributed by atoms with Crippen molar-refractivity contribution in [3.63, 3.8) is 0 Å². The molecule has 0 radical (unpaired) electrons. The molecule has 3 amide bonds. The number of nitrogens with one attached hydrogen (secondary N) is 2. The van der Waals surface area contributed by atoms with E-state index in [0.29, 0.717) is 25.6 Å². The maximum atomic E-state index is 11.3. The van der Waals surface area contributed by atoms with Crippen LogP contribution in [-0.4, -0.2) is 54.2 Å². The summed E-state index contributed by atoms with van der Waals surface area (Å²) in [5.41, 5.74) is -0.503. The van der Waals surface area contributed by atoms with Crippen LogP contribution in [0.5, 0.6) is 0 Å². The Hall–Kier alpha value is -1.14. The van der Waals surface area contributed by atoms with Gasteiger partial charge >= 0.3 is 6.03 Å². The quantitative estimate of drug-likeness (QED) is 0.607. The summed E-state index contributed by atoms with van der Waals surface area (Å²) in [6.07, 6.45) is 2.54. The standard InChI is InChI=1S/C11H19N3O3/c1-12-10(16)13-9(15)4-5-14-6-11(17,7-14)8-2-3-8/h8,17H,2-7H2,1H3,(H2,12,13,15,16). The molecule has 1 aliphatic carbocycles. The van der Waals surface area contributed by atoms with E-state index < -0.39 is 11.6 Å². The Bertz CT molecular complexity index is 322. The van der Waals surface area contributed by atoms with Crippen molar-refractivity contribution < 1.29 is 14.7 Å². The van der Waals surface area contributed by atoms with Crippen LogP contribution in [0.15, 0.2) is 0 Å². The van der Waals surface area contributed by atoms with Crippen molar-refractivity contribution in [3.8, 4) is 0 Å². The lowest BCUT2D eigenvalue weighted by Gasteiger charge is -2.47. The molecular weight excluding hydrogens is 222 g/mol. The van der Waals surface area contributed by atoms with Crippen molar-refractivity contribution >= 4 is 11.9 Å². The second-order valence-corrected chi connectivity index (χ2v) is 4.97. The SMILES string of the molecule is CNC(=O)NC(=O)CCN1CC(O)(C2CC2)C1. The van der Waals surface area contributed by atoms with Crippen molar-refractivity contribution in [1.29, 1.82) is 0 Å². The van der Waals surface area contributed by atoms with Crippen LogP contribution in [0.3, 0.4) is 0 Å². The summed E-state index contributed by atoms with van der Waals surface area (Å²) in [4.78, 5) is 24.2. The van der Waals surface area contributed by atoms with Crippen LogP contribution in [-0.2, 0) is 4.79 Å². The van der Waals surface area contributed by atoms with E-state index in [9.17, 15) is 14.7 Å². The second-order valence-electron chi connectivity index (χ2n) is 4.97. The Labute approximate surface area is 100 Å². The highest BCUT2D eigenvalue weighted by molar-refractivity contribution is 5.94. The van der Waals surface area contributed by atoms with Gasteiger partial charge in [-0.15, -0.1) is 0 Å². The second kappa shape index (κ2) is 4.62. The fourth-order valence-electron chi connectivity index (χ4n) is 2.28. The summed E-state index contributed by atoms with van der Waals surface area (Å²) in [5.74, 6) is 0.185. The van der Waals surface area contributed by atoms with Crippen LogP contribution in [0.4, 0.5) is 4.79 Å². The van der Waals surface area contributed by atoms with Crippen molar-refractivity contribution in [2.45, 2.75) is 24.9 Å². The van der Waals surface area contributed by atoms with Gasteiger partial charge in [0.1, 0.15) is 0 Å². The average molecular weight is 241 g/mol. The van der Waals surface area contributed by atoms with Gasteiger partial charge < -0.3 is 10.4 Å². The Morgan fingerprint density at radius 2 is 2.06 bits per heavy atom. The first-order valence-electron chi connectivity index (χ1n) is 6.00. The molecule has 3 N–H and O–H groups in total. The predicted octanol–water partition coefficient (Wildman–Crippen LogP) is -0.711. The smallest absolute Gasteiger partial charge is 0.321 e. The normalized spacial score (nSPS) is 22.7. The van der Waals surface area contributed by atoms with Gasteiger partial charge in [-0.25, -0.2) is 4.79 Å². The number of carbonyl (C=O) groups excluding carboxylic acids is 2. The van der Waals surface area contributed by atoms with E-state index in [1.54, 1.807) is 0 Å². The first-order chi connectivity index (χ1) is 8.03. The lowest BCUT2D eigenvalue weighted by molar-refractivity contribution is -0.127. The van der Waals surface area contributed by atoms with Crippen molar-refractivity contribution in [3.05, 3.63) is 0 Å². The third kappa shape index (κ3) is 2.95. The minimum atomic E-state index is -0.503. The molecule has 0 aromatic rings. The average Bonchev–Trinajstić information content (AvgIpc) is 3.06. The molecule has 0 bridgehead atoms. The highest BCUT2D eigenvalue weighted by atomic mass is 16.3. The summed E-state index contributed by atoms with van der Waals surface area (Å²) >= 11 is 0. The van der Waals surface area contributed by atoms with E-state index in [4.69, 9.17) is 0 Å². The van der Waals surface area contributed by atoms with Crippen LogP contribution in [0, 0.1) is 5.92 Å². The molecule has 2 aliphatic rings. The maximum Gasteiger partial charge on any atom is 0.321 e. The van der Waals surface area contributed by atoms with Gasteiger partial charge in [0.2, 0.25) is 5.91 Å². The third-order valence-corrected chi connectivity index (χ3v) is 3.47. The van der Waals surface area contributed by atoms with Gasteiger partial charge in [0.15, 0.2) is 0 Å². The molecule has 17 heavy (non-hydrogen) atoms. The fraction of sp³-hybridized carbons (Fsp3) is 0.818. The number of nitrogens with zero attached hydrogens (tertiary/aromatic N) is 1.